The van der Waals surface area contributed by atoms with Gasteiger partial charge in [0.2, 0.25) is 0 Å². The van der Waals surface area contributed by atoms with Gasteiger partial charge in [-0.05, 0) is 23.3 Å². The van der Waals surface area contributed by atoms with Gasteiger partial charge < -0.3 is 9.47 Å². The average Bonchev–Trinajstić information content (AvgIpc) is 2.71. The number of halogens is 1. The van der Waals surface area contributed by atoms with E-state index in [-0.39, 0.29) is 18.8 Å². The van der Waals surface area contributed by atoms with Crippen molar-refractivity contribution < 1.29 is 23.5 Å². The molecule has 0 aliphatic heterocycles. The van der Waals surface area contributed by atoms with Crippen molar-refractivity contribution in [2.24, 2.45) is 0 Å². The van der Waals surface area contributed by atoms with Crippen LogP contribution in [-0.4, -0.2) is 11.9 Å². The number of hydrogen-bond acceptors (Lipinski definition) is 4. The van der Waals surface area contributed by atoms with Crippen LogP contribution in [0.2, 0.25) is 0 Å². The Balaban J connectivity index is 1.73. The van der Waals surface area contributed by atoms with Crippen molar-refractivity contribution in [1.82, 2.24) is 0 Å². The molecule has 3 rings (SSSR count). The molecule has 0 saturated heterocycles. The Kier molecular flexibility index (Phi) is 5.94. The predicted octanol–water partition coefficient (Wildman–Crippen LogP) is 4.54. The quantitative estimate of drug-likeness (QED) is 0.603. The molecule has 0 aliphatic rings. The van der Waals surface area contributed by atoms with Crippen molar-refractivity contribution in [3.63, 3.8) is 0 Å². The second-order valence-electron chi connectivity index (χ2n) is 5.79. The maximum Gasteiger partial charge on any atom is 0.342 e. The van der Waals surface area contributed by atoms with E-state index in [2.05, 4.69) is 0 Å². The lowest BCUT2D eigenvalue weighted by atomic mass is 10.1. The molecule has 0 amide bonds. The highest BCUT2D eigenvalue weighted by molar-refractivity contribution is 6.03. The van der Waals surface area contributed by atoms with E-state index in [0.29, 0.717) is 0 Å². The highest BCUT2D eigenvalue weighted by Crippen LogP contribution is 2.18. The third-order valence-corrected chi connectivity index (χ3v) is 3.86. The number of benzene rings is 3. The van der Waals surface area contributed by atoms with E-state index >= 15 is 0 Å². The van der Waals surface area contributed by atoms with Crippen LogP contribution in [0.25, 0.3) is 0 Å². The smallest absolute Gasteiger partial charge is 0.342 e. The van der Waals surface area contributed by atoms with Crippen LogP contribution in [0.3, 0.4) is 0 Å². The highest BCUT2D eigenvalue weighted by atomic mass is 19.1. The number of rotatable bonds is 6. The maximum atomic E-state index is 14.2. The fourth-order valence-electron chi connectivity index (χ4n) is 2.50. The van der Waals surface area contributed by atoms with Crippen LogP contribution >= 0.6 is 0 Å². The summed E-state index contributed by atoms with van der Waals surface area (Å²) in [6, 6.07) is 21.9. The molecule has 27 heavy (non-hydrogen) atoms. The topological polar surface area (TPSA) is 52.6 Å². The number of esters is 2. The second-order valence-corrected chi connectivity index (χ2v) is 5.79. The SMILES string of the molecule is O=C(OCc1ccccc1)c1cccc(F)c1C(=O)OCc1ccccc1. The first kappa shape index (κ1) is 18.3. The number of carbonyl (C=O) groups is 2. The van der Waals surface area contributed by atoms with E-state index in [9.17, 15) is 14.0 Å². The van der Waals surface area contributed by atoms with Gasteiger partial charge in [-0.1, -0.05) is 66.7 Å². The summed E-state index contributed by atoms with van der Waals surface area (Å²) >= 11 is 0. The van der Waals surface area contributed by atoms with Crippen molar-refractivity contribution >= 4 is 11.9 Å². The molecule has 0 bridgehead atoms. The maximum absolute atomic E-state index is 14.2. The van der Waals surface area contributed by atoms with Crippen LogP contribution in [0, 0.1) is 5.82 Å². The molecule has 136 valence electrons. The van der Waals surface area contributed by atoms with Gasteiger partial charge in [-0.2, -0.15) is 0 Å². The molecule has 0 spiro atoms. The van der Waals surface area contributed by atoms with Crippen molar-refractivity contribution in [3.05, 3.63) is 107 Å². The minimum atomic E-state index is -0.913. The van der Waals surface area contributed by atoms with Gasteiger partial charge in [0.05, 0.1) is 5.56 Å². The first-order valence-electron chi connectivity index (χ1n) is 8.36. The van der Waals surface area contributed by atoms with Crippen molar-refractivity contribution in [3.8, 4) is 0 Å². The van der Waals surface area contributed by atoms with Gasteiger partial charge in [0, 0.05) is 0 Å². The van der Waals surface area contributed by atoms with E-state index in [1.807, 2.05) is 24.3 Å². The van der Waals surface area contributed by atoms with E-state index in [1.165, 1.54) is 12.1 Å². The summed E-state index contributed by atoms with van der Waals surface area (Å²) in [5.41, 5.74) is 0.960. The first-order chi connectivity index (χ1) is 13.1. The highest BCUT2D eigenvalue weighted by Gasteiger charge is 2.23. The van der Waals surface area contributed by atoms with E-state index in [1.54, 1.807) is 36.4 Å². The summed E-state index contributed by atoms with van der Waals surface area (Å²) in [6.07, 6.45) is 0. The van der Waals surface area contributed by atoms with Crippen LogP contribution in [0.4, 0.5) is 4.39 Å². The molecule has 0 atom stereocenters. The van der Waals surface area contributed by atoms with Gasteiger partial charge in [0.25, 0.3) is 0 Å². The zero-order chi connectivity index (χ0) is 19.1. The van der Waals surface area contributed by atoms with Gasteiger partial charge in [0.1, 0.15) is 24.6 Å². The molecule has 4 nitrogen and oxygen atoms in total. The molecule has 0 saturated carbocycles. The first-order valence-corrected chi connectivity index (χ1v) is 8.36. The zero-order valence-corrected chi connectivity index (χ0v) is 14.4. The Morgan fingerprint density at radius 1 is 0.667 bits per heavy atom. The largest absolute Gasteiger partial charge is 0.457 e. The van der Waals surface area contributed by atoms with Gasteiger partial charge >= 0.3 is 11.9 Å². The molecule has 3 aromatic rings. The summed E-state index contributed by atoms with van der Waals surface area (Å²) in [4.78, 5) is 24.7. The Morgan fingerprint density at radius 3 is 1.74 bits per heavy atom. The Morgan fingerprint density at radius 2 is 1.19 bits per heavy atom. The summed E-state index contributed by atoms with van der Waals surface area (Å²) in [7, 11) is 0. The minimum absolute atomic E-state index is 0.0213. The molecule has 0 aromatic heterocycles. The molecule has 0 radical (unpaired) electrons. The molecular formula is C22H17FO4. The summed E-state index contributed by atoms with van der Waals surface area (Å²) < 4.78 is 24.6. The zero-order valence-electron chi connectivity index (χ0n) is 14.4. The Bertz CT molecular complexity index is 924. The lowest BCUT2D eigenvalue weighted by Gasteiger charge is -2.11. The monoisotopic (exact) mass is 364 g/mol. The van der Waals surface area contributed by atoms with Gasteiger partial charge in [-0.3, -0.25) is 0 Å². The number of hydrogen-bond donors (Lipinski definition) is 0. The van der Waals surface area contributed by atoms with E-state index in [0.717, 1.165) is 17.2 Å². The molecule has 5 heteroatoms. The average molecular weight is 364 g/mol. The summed E-state index contributed by atoms with van der Waals surface area (Å²) in [5.74, 6) is -2.53. The van der Waals surface area contributed by atoms with Gasteiger partial charge in [-0.15, -0.1) is 0 Å². The Hall–Kier alpha value is -3.47. The van der Waals surface area contributed by atoms with Crippen molar-refractivity contribution in [2.45, 2.75) is 13.2 Å². The molecule has 0 aliphatic carbocycles. The summed E-state index contributed by atoms with van der Waals surface area (Å²) in [6.45, 7) is 0.00119. The lowest BCUT2D eigenvalue weighted by Crippen LogP contribution is -2.16. The molecule has 0 N–H and O–H groups in total. The minimum Gasteiger partial charge on any atom is -0.457 e. The molecule has 0 unspecified atom stereocenters. The van der Waals surface area contributed by atoms with Crippen molar-refractivity contribution in [2.75, 3.05) is 0 Å². The number of carbonyl (C=O) groups excluding carboxylic acids is 2. The normalized spacial score (nSPS) is 10.3. The lowest BCUT2D eigenvalue weighted by molar-refractivity contribution is 0.0420. The molecule has 0 fully saturated rings. The van der Waals surface area contributed by atoms with Crippen molar-refractivity contribution in [1.29, 1.82) is 0 Å². The third-order valence-electron chi connectivity index (χ3n) is 3.86. The van der Waals surface area contributed by atoms with E-state index in [4.69, 9.17) is 9.47 Å². The van der Waals surface area contributed by atoms with Crippen LogP contribution in [0.5, 0.6) is 0 Å². The Labute approximate surface area is 156 Å². The number of ether oxygens (including phenoxy) is 2. The van der Waals surface area contributed by atoms with Crippen LogP contribution in [0.15, 0.2) is 78.9 Å². The van der Waals surface area contributed by atoms with Gasteiger partial charge in [-0.25, -0.2) is 14.0 Å². The van der Waals surface area contributed by atoms with Crippen LogP contribution in [-0.2, 0) is 22.7 Å². The second kappa shape index (κ2) is 8.76. The summed E-state index contributed by atoms with van der Waals surface area (Å²) in [5, 5.41) is 0. The third kappa shape index (κ3) is 4.79. The standard InChI is InChI=1S/C22H17FO4/c23-19-13-7-12-18(21(24)26-14-16-8-3-1-4-9-16)20(19)22(25)27-15-17-10-5-2-6-11-17/h1-13H,14-15H2. The fourth-order valence-corrected chi connectivity index (χ4v) is 2.50. The molecular weight excluding hydrogens is 347 g/mol. The predicted molar refractivity (Wildman–Crippen MR) is 97.5 cm³/mol. The van der Waals surface area contributed by atoms with Gasteiger partial charge in [0.15, 0.2) is 0 Å². The van der Waals surface area contributed by atoms with Crippen LogP contribution < -0.4 is 0 Å². The van der Waals surface area contributed by atoms with Crippen LogP contribution in [0.1, 0.15) is 31.8 Å². The van der Waals surface area contributed by atoms with E-state index < -0.39 is 23.3 Å². The molecule has 0 heterocycles. The molecule has 3 aromatic carbocycles. The fraction of sp³-hybridized carbons (Fsp3) is 0.0909.